The Kier molecular flexibility index (Phi) is 2.71. The highest BCUT2D eigenvalue weighted by molar-refractivity contribution is 7.99. The first-order valence-corrected chi connectivity index (χ1v) is 6.76. The minimum atomic E-state index is 0.405. The average molecular weight is 257 g/mol. The highest BCUT2D eigenvalue weighted by Gasteiger charge is 2.19. The Morgan fingerprint density at radius 1 is 1.11 bits per heavy atom. The Labute approximate surface area is 111 Å². The number of rotatable bonds is 1. The van der Waals surface area contributed by atoms with Gasteiger partial charge in [0.1, 0.15) is 5.75 Å². The second-order valence-electron chi connectivity index (χ2n) is 4.72. The van der Waals surface area contributed by atoms with E-state index in [1.54, 1.807) is 17.8 Å². The van der Waals surface area contributed by atoms with Crippen LogP contribution in [0.1, 0.15) is 11.1 Å². The molecule has 1 heterocycles. The zero-order valence-corrected chi connectivity index (χ0v) is 11.3. The Balaban J connectivity index is 2.05. The SMILES string of the molecule is CN(C)c1ccc2c(c1)Sc1cccc(O)c1C2. The van der Waals surface area contributed by atoms with Crippen molar-refractivity contribution < 1.29 is 5.11 Å². The van der Waals surface area contributed by atoms with E-state index >= 15 is 0 Å². The van der Waals surface area contributed by atoms with Crippen molar-refractivity contribution in [2.45, 2.75) is 16.2 Å². The van der Waals surface area contributed by atoms with Crippen LogP contribution in [-0.2, 0) is 6.42 Å². The molecule has 18 heavy (non-hydrogen) atoms. The molecule has 0 unspecified atom stereocenters. The van der Waals surface area contributed by atoms with E-state index in [0.717, 1.165) is 12.0 Å². The van der Waals surface area contributed by atoms with Gasteiger partial charge in [0, 0.05) is 41.6 Å². The lowest BCUT2D eigenvalue weighted by molar-refractivity contribution is 0.467. The fourth-order valence-electron chi connectivity index (χ4n) is 2.20. The van der Waals surface area contributed by atoms with Gasteiger partial charge in [0.05, 0.1) is 0 Å². The Morgan fingerprint density at radius 2 is 1.94 bits per heavy atom. The first kappa shape index (κ1) is 11.5. The standard InChI is InChI=1S/C15H15NOS/c1-16(2)11-7-6-10-8-12-13(17)4-3-5-14(12)18-15(10)9-11/h3-7,9,17H,8H2,1-2H3. The lowest BCUT2D eigenvalue weighted by Gasteiger charge is -2.22. The van der Waals surface area contributed by atoms with Crippen molar-refractivity contribution >= 4 is 17.4 Å². The summed E-state index contributed by atoms with van der Waals surface area (Å²) in [4.78, 5) is 4.57. The number of anilines is 1. The van der Waals surface area contributed by atoms with Crippen molar-refractivity contribution in [3.63, 3.8) is 0 Å². The molecule has 0 aliphatic carbocycles. The van der Waals surface area contributed by atoms with Crippen molar-refractivity contribution in [2.75, 3.05) is 19.0 Å². The summed E-state index contributed by atoms with van der Waals surface area (Å²) in [6.45, 7) is 0. The van der Waals surface area contributed by atoms with Gasteiger partial charge < -0.3 is 10.0 Å². The maximum atomic E-state index is 9.90. The van der Waals surface area contributed by atoms with E-state index in [0.29, 0.717) is 5.75 Å². The maximum Gasteiger partial charge on any atom is 0.120 e. The number of phenolic OH excluding ortho intramolecular Hbond substituents is 1. The van der Waals surface area contributed by atoms with Gasteiger partial charge in [0.2, 0.25) is 0 Å². The summed E-state index contributed by atoms with van der Waals surface area (Å²) >= 11 is 1.74. The van der Waals surface area contributed by atoms with Gasteiger partial charge in [-0.15, -0.1) is 0 Å². The molecule has 1 aliphatic heterocycles. The molecule has 0 atom stereocenters. The minimum Gasteiger partial charge on any atom is -0.508 e. The molecule has 92 valence electrons. The summed E-state index contributed by atoms with van der Waals surface area (Å²) in [5.41, 5.74) is 3.55. The molecule has 0 saturated heterocycles. The highest BCUT2D eigenvalue weighted by atomic mass is 32.2. The van der Waals surface area contributed by atoms with Gasteiger partial charge in [-0.1, -0.05) is 23.9 Å². The molecule has 0 spiro atoms. The molecular weight excluding hydrogens is 242 g/mol. The molecule has 0 bridgehead atoms. The molecule has 0 amide bonds. The summed E-state index contributed by atoms with van der Waals surface area (Å²) in [5, 5.41) is 9.90. The summed E-state index contributed by atoms with van der Waals surface area (Å²) < 4.78 is 0. The average Bonchev–Trinajstić information content (AvgIpc) is 2.36. The van der Waals surface area contributed by atoms with Crippen LogP contribution in [-0.4, -0.2) is 19.2 Å². The monoisotopic (exact) mass is 257 g/mol. The lowest BCUT2D eigenvalue weighted by Crippen LogP contribution is -2.09. The lowest BCUT2D eigenvalue weighted by atomic mass is 10.0. The van der Waals surface area contributed by atoms with Crippen molar-refractivity contribution in [1.82, 2.24) is 0 Å². The summed E-state index contributed by atoms with van der Waals surface area (Å²) in [5.74, 6) is 0.405. The normalized spacial score (nSPS) is 12.8. The number of benzene rings is 2. The van der Waals surface area contributed by atoms with Crippen molar-refractivity contribution in [3.05, 3.63) is 47.5 Å². The van der Waals surface area contributed by atoms with E-state index in [1.165, 1.54) is 21.0 Å². The molecule has 2 aromatic rings. The largest absolute Gasteiger partial charge is 0.508 e. The third-order valence-electron chi connectivity index (χ3n) is 3.26. The number of aromatic hydroxyl groups is 1. The number of fused-ring (bicyclic) bond motifs is 2. The minimum absolute atomic E-state index is 0.405. The predicted molar refractivity (Wildman–Crippen MR) is 75.8 cm³/mol. The van der Waals surface area contributed by atoms with E-state index in [2.05, 4.69) is 43.3 Å². The first-order chi connectivity index (χ1) is 8.65. The van der Waals surface area contributed by atoms with Crippen LogP contribution in [0.2, 0.25) is 0 Å². The topological polar surface area (TPSA) is 23.5 Å². The Hall–Kier alpha value is -1.61. The van der Waals surface area contributed by atoms with E-state index < -0.39 is 0 Å². The van der Waals surface area contributed by atoms with Gasteiger partial charge in [-0.25, -0.2) is 0 Å². The van der Waals surface area contributed by atoms with E-state index in [1.807, 2.05) is 6.07 Å². The van der Waals surface area contributed by atoms with Crippen LogP contribution in [0.3, 0.4) is 0 Å². The van der Waals surface area contributed by atoms with Gasteiger partial charge in [0.25, 0.3) is 0 Å². The quantitative estimate of drug-likeness (QED) is 0.721. The summed E-state index contributed by atoms with van der Waals surface area (Å²) in [6, 6.07) is 12.2. The van der Waals surface area contributed by atoms with E-state index in [4.69, 9.17) is 0 Å². The van der Waals surface area contributed by atoms with Crippen molar-refractivity contribution in [2.24, 2.45) is 0 Å². The predicted octanol–water partition coefficient (Wildman–Crippen LogP) is 3.51. The molecule has 3 rings (SSSR count). The van der Waals surface area contributed by atoms with E-state index in [9.17, 15) is 5.11 Å². The molecule has 0 fully saturated rings. The maximum absolute atomic E-state index is 9.90. The summed E-state index contributed by atoms with van der Waals surface area (Å²) in [7, 11) is 4.10. The van der Waals surface area contributed by atoms with Crippen LogP contribution in [0.15, 0.2) is 46.2 Å². The molecule has 0 radical (unpaired) electrons. The number of phenols is 1. The van der Waals surface area contributed by atoms with Crippen molar-refractivity contribution in [3.8, 4) is 5.75 Å². The Morgan fingerprint density at radius 3 is 2.72 bits per heavy atom. The number of hydrogen-bond acceptors (Lipinski definition) is 3. The first-order valence-electron chi connectivity index (χ1n) is 5.94. The smallest absolute Gasteiger partial charge is 0.120 e. The zero-order chi connectivity index (χ0) is 12.7. The Bertz CT molecular complexity index is 607. The van der Waals surface area contributed by atoms with Gasteiger partial charge >= 0.3 is 0 Å². The molecular formula is C15H15NOS. The van der Waals surface area contributed by atoms with Crippen LogP contribution in [0.4, 0.5) is 5.69 Å². The van der Waals surface area contributed by atoms with Crippen LogP contribution in [0.25, 0.3) is 0 Å². The fourth-order valence-corrected chi connectivity index (χ4v) is 3.33. The fraction of sp³-hybridized carbons (Fsp3) is 0.200. The van der Waals surface area contributed by atoms with Crippen molar-refractivity contribution in [1.29, 1.82) is 0 Å². The number of hydrogen-bond donors (Lipinski definition) is 1. The second-order valence-corrected chi connectivity index (χ2v) is 5.80. The molecule has 2 nitrogen and oxygen atoms in total. The zero-order valence-electron chi connectivity index (χ0n) is 10.5. The third-order valence-corrected chi connectivity index (χ3v) is 4.46. The third kappa shape index (κ3) is 1.85. The molecule has 2 aromatic carbocycles. The van der Waals surface area contributed by atoms with Gasteiger partial charge in [-0.3, -0.25) is 0 Å². The van der Waals surface area contributed by atoms with Crippen LogP contribution >= 0.6 is 11.8 Å². The van der Waals surface area contributed by atoms with E-state index in [-0.39, 0.29) is 0 Å². The number of nitrogens with zero attached hydrogens (tertiary/aromatic N) is 1. The molecule has 0 saturated carbocycles. The van der Waals surface area contributed by atoms with Crippen LogP contribution in [0.5, 0.6) is 5.75 Å². The van der Waals surface area contributed by atoms with Crippen LogP contribution in [0, 0.1) is 0 Å². The van der Waals surface area contributed by atoms with Gasteiger partial charge in [-0.2, -0.15) is 0 Å². The highest BCUT2D eigenvalue weighted by Crippen LogP contribution is 2.43. The molecule has 1 aliphatic rings. The van der Waals surface area contributed by atoms with Gasteiger partial charge in [0.15, 0.2) is 0 Å². The molecule has 3 heteroatoms. The molecule has 1 N–H and O–H groups in total. The molecule has 0 aromatic heterocycles. The second kappa shape index (κ2) is 4.25. The van der Waals surface area contributed by atoms with Crippen LogP contribution < -0.4 is 4.90 Å². The summed E-state index contributed by atoms with van der Waals surface area (Å²) in [6.07, 6.45) is 0.818. The van der Waals surface area contributed by atoms with Gasteiger partial charge in [-0.05, 0) is 29.8 Å².